The van der Waals surface area contributed by atoms with Gasteiger partial charge >= 0.3 is 29.8 Å². The number of aromatic nitrogens is 3. The summed E-state index contributed by atoms with van der Waals surface area (Å²) in [5, 5.41) is 9.56. The van der Waals surface area contributed by atoms with Gasteiger partial charge in [0.1, 0.15) is 17.8 Å². The topological polar surface area (TPSA) is 206 Å². The Kier molecular flexibility index (Phi) is 20.8. The maximum atomic E-state index is 13.5. The molecule has 72 heavy (non-hydrogen) atoms. The fourth-order valence-electron chi connectivity index (χ4n) is 6.18. The zero-order chi connectivity index (χ0) is 53.2. The van der Waals surface area contributed by atoms with E-state index in [1.54, 1.807) is 79.7 Å². The molecule has 0 aliphatic carbocycles. The van der Waals surface area contributed by atoms with Gasteiger partial charge in [0, 0.05) is 11.4 Å². The van der Waals surface area contributed by atoms with Crippen molar-refractivity contribution in [3.8, 4) is 0 Å². The first-order valence-corrected chi connectivity index (χ1v) is 24.1. The quantitative estimate of drug-likeness (QED) is 0.0158. The molecule has 0 spiro atoms. The van der Waals surface area contributed by atoms with E-state index in [1.807, 2.05) is 62.3 Å². The Balaban J connectivity index is 1.70. The number of carbonyl (C=O) groups excluding carboxylic acids is 5. The van der Waals surface area contributed by atoms with Crippen molar-refractivity contribution in [3.05, 3.63) is 113 Å². The van der Waals surface area contributed by atoms with Crippen LogP contribution in [0.3, 0.4) is 0 Å². The van der Waals surface area contributed by atoms with Crippen LogP contribution in [0.15, 0.2) is 96.1 Å². The number of ether oxygens (including phenoxy) is 5. The maximum absolute atomic E-state index is 13.5. The summed E-state index contributed by atoms with van der Waals surface area (Å²) in [6.07, 6.45) is 5.63. The Morgan fingerprint density at radius 1 is 0.569 bits per heavy atom. The molecule has 3 N–H and O–H groups in total. The molecule has 0 amide bonds. The molecule has 1 atom stereocenters. The zero-order valence-corrected chi connectivity index (χ0v) is 43.9. The van der Waals surface area contributed by atoms with Crippen molar-refractivity contribution < 1.29 is 47.7 Å². The van der Waals surface area contributed by atoms with Crippen LogP contribution in [0, 0.1) is 22.2 Å². The summed E-state index contributed by atoms with van der Waals surface area (Å²) in [7, 11) is 0. The van der Waals surface area contributed by atoms with Crippen molar-refractivity contribution in [2.45, 2.75) is 102 Å². The van der Waals surface area contributed by atoms with Crippen molar-refractivity contribution in [1.29, 1.82) is 0 Å². The molecule has 3 aromatic carbocycles. The van der Waals surface area contributed by atoms with Gasteiger partial charge in [-0.15, -0.1) is 0 Å². The number of anilines is 6. The first-order valence-electron chi connectivity index (χ1n) is 24.1. The predicted octanol–water partition coefficient (Wildman–Crippen LogP) is 11.7. The lowest BCUT2D eigenvalue weighted by Crippen LogP contribution is -2.25. The third-order valence-electron chi connectivity index (χ3n) is 9.95. The third kappa shape index (κ3) is 20.2. The van der Waals surface area contributed by atoms with Gasteiger partial charge in [-0.05, 0) is 101 Å². The molecule has 4 aromatic rings. The number of nitrogens with one attached hydrogen (secondary N) is 3. The molecule has 0 saturated carbocycles. The molecule has 16 nitrogen and oxygen atoms in total. The third-order valence-corrected chi connectivity index (χ3v) is 9.95. The molecule has 0 saturated heterocycles. The van der Waals surface area contributed by atoms with E-state index in [9.17, 15) is 24.0 Å². The summed E-state index contributed by atoms with van der Waals surface area (Å²) in [6.45, 7) is 27.4. The second kappa shape index (κ2) is 26.2. The first-order chi connectivity index (χ1) is 33.8. The number of nitrogens with zero attached hydrogens (tertiary/aromatic N) is 3. The number of benzene rings is 3. The van der Waals surface area contributed by atoms with Crippen LogP contribution in [0.2, 0.25) is 0 Å². The van der Waals surface area contributed by atoms with Gasteiger partial charge in [0.05, 0.1) is 37.7 Å². The second-order valence-electron chi connectivity index (χ2n) is 21.2. The number of esters is 5. The standard InChI is InChI=1S/C56H72N6O10/c1-14-18-37(15-2)32-69-46(63)42-19-16-17-20-45(42)59-53-61-51(57-40-25-21-38(22-26-40)29-43(47(64)68-31-36(3)4)48(65)70-33-54(5,6)7)60-52(62-53)58-41-27-23-39(24-28-41)30-44(49(66)71-34-55(8,9)10)50(67)72-35-56(11,12)13/h16-17,19-30,37H,3,14-15,18,31-35H2,1-2,4-13H3,(H3,57,58,59,60,61,62)/b43-29-. The van der Waals surface area contributed by atoms with Gasteiger partial charge in [-0.3, -0.25) is 0 Å². The molecule has 0 fully saturated rings. The highest BCUT2D eigenvalue weighted by Gasteiger charge is 2.27. The van der Waals surface area contributed by atoms with Crippen LogP contribution < -0.4 is 16.0 Å². The van der Waals surface area contributed by atoms with Crippen molar-refractivity contribution in [2.24, 2.45) is 22.2 Å². The number of hydrogen-bond acceptors (Lipinski definition) is 16. The lowest BCUT2D eigenvalue weighted by atomic mass is 9.98. The normalized spacial score (nSPS) is 12.1. The van der Waals surface area contributed by atoms with Gasteiger partial charge < -0.3 is 39.6 Å². The van der Waals surface area contributed by atoms with E-state index in [-0.39, 0.29) is 83.1 Å². The van der Waals surface area contributed by atoms with Crippen molar-refractivity contribution >= 4 is 76.9 Å². The summed E-state index contributed by atoms with van der Waals surface area (Å²) in [4.78, 5) is 80.1. The van der Waals surface area contributed by atoms with E-state index in [4.69, 9.17) is 23.7 Å². The molecular weight excluding hydrogens is 917 g/mol. The molecule has 4 rings (SSSR count). The molecule has 1 unspecified atom stereocenters. The highest BCUT2D eigenvalue weighted by Crippen LogP contribution is 2.26. The van der Waals surface area contributed by atoms with Gasteiger partial charge in [0.25, 0.3) is 0 Å². The lowest BCUT2D eigenvalue weighted by Gasteiger charge is -2.20. The Morgan fingerprint density at radius 2 is 0.972 bits per heavy atom. The summed E-state index contributed by atoms with van der Waals surface area (Å²) in [5.74, 6) is -3.22. The van der Waals surface area contributed by atoms with Gasteiger partial charge in [-0.2, -0.15) is 15.0 Å². The largest absolute Gasteiger partial charge is 0.462 e. The van der Waals surface area contributed by atoms with Crippen molar-refractivity contribution in [1.82, 2.24) is 15.0 Å². The van der Waals surface area contributed by atoms with Gasteiger partial charge in [0.15, 0.2) is 0 Å². The van der Waals surface area contributed by atoms with Crippen molar-refractivity contribution in [2.75, 3.05) is 49.0 Å². The minimum absolute atomic E-state index is 0.0607. The molecular formula is C56H72N6O10. The minimum atomic E-state index is -0.843. The Labute approximate surface area is 424 Å². The van der Waals surface area contributed by atoms with Gasteiger partial charge in [-0.1, -0.05) is 132 Å². The zero-order valence-electron chi connectivity index (χ0n) is 43.9. The molecule has 0 bridgehead atoms. The Hall–Kier alpha value is -7.36. The molecule has 0 aliphatic heterocycles. The first kappa shape index (κ1) is 57.2. The molecule has 1 aromatic heterocycles. The average molecular weight is 989 g/mol. The van der Waals surface area contributed by atoms with Crippen molar-refractivity contribution in [3.63, 3.8) is 0 Å². The van der Waals surface area contributed by atoms with Gasteiger partial charge in [0.2, 0.25) is 17.8 Å². The summed E-state index contributed by atoms with van der Waals surface area (Å²) >= 11 is 0. The van der Waals surface area contributed by atoms with E-state index in [0.717, 1.165) is 19.3 Å². The molecule has 0 radical (unpaired) electrons. The minimum Gasteiger partial charge on any atom is -0.462 e. The predicted molar refractivity (Wildman–Crippen MR) is 281 cm³/mol. The van der Waals surface area contributed by atoms with E-state index in [1.165, 1.54) is 12.2 Å². The van der Waals surface area contributed by atoms with E-state index >= 15 is 0 Å². The van der Waals surface area contributed by atoms with Crippen LogP contribution in [-0.4, -0.2) is 77.8 Å². The van der Waals surface area contributed by atoms with E-state index < -0.39 is 29.8 Å². The van der Waals surface area contributed by atoms with Crippen LogP contribution in [0.1, 0.15) is 124 Å². The highest BCUT2D eigenvalue weighted by atomic mass is 16.6. The van der Waals surface area contributed by atoms with E-state index in [0.29, 0.717) is 40.4 Å². The lowest BCUT2D eigenvalue weighted by molar-refractivity contribution is -0.150. The SMILES string of the molecule is C=C(C)COC(=O)/C(=C/c1ccc(Nc2nc(Nc3ccc(C=C(C(=O)OCC(C)(C)C)C(=O)OCC(C)(C)C)cc3)nc(Nc3ccccc3C(=O)OCC(CC)CCC)n2)cc1)C(=O)OCC(C)(C)C. The van der Waals surface area contributed by atoms with Crippen LogP contribution in [-0.2, 0) is 42.9 Å². The van der Waals surface area contributed by atoms with Crippen LogP contribution in [0.5, 0.6) is 0 Å². The van der Waals surface area contributed by atoms with E-state index in [2.05, 4.69) is 51.3 Å². The summed E-state index contributed by atoms with van der Waals surface area (Å²) < 4.78 is 27.6. The molecule has 386 valence electrons. The number of carbonyl (C=O) groups is 5. The number of hydrogen-bond donors (Lipinski definition) is 3. The number of para-hydroxylation sites is 1. The van der Waals surface area contributed by atoms with Crippen LogP contribution in [0.4, 0.5) is 34.9 Å². The summed E-state index contributed by atoms with van der Waals surface area (Å²) in [5.41, 5.74) is 1.89. The fraction of sp³-hybridized carbons (Fsp3) is 0.429. The number of rotatable bonds is 23. The second-order valence-corrected chi connectivity index (χ2v) is 21.2. The smallest absolute Gasteiger partial charge is 0.345 e. The Morgan fingerprint density at radius 3 is 1.36 bits per heavy atom. The summed E-state index contributed by atoms with van der Waals surface area (Å²) in [6, 6.07) is 20.5. The van der Waals surface area contributed by atoms with Crippen LogP contribution in [0.25, 0.3) is 12.2 Å². The maximum Gasteiger partial charge on any atom is 0.345 e. The Bertz CT molecular complexity index is 2550. The fourth-order valence-corrected chi connectivity index (χ4v) is 6.18. The molecule has 16 heteroatoms. The van der Waals surface area contributed by atoms with Crippen LogP contribution >= 0.6 is 0 Å². The molecule has 0 aliphatic rings. The average Bonchev–Trinajstić information content (AvgIpc) is 3.31. The molecule has 1 heterocycles. The monoisotopic (exact) mass is 989 g/mol. The van der Waals surface area contributed by atoms with Gasteiger partial charge in [-0.25, -0.2) is 24.0 Å². The highest BCUT2D eigenvalue weighted by molar-refractivity contribution is 6.18.